The van der Waals surface area contributed by atoms with Crippen molar-refractivity contribution in [3.8, 4) is 0 Å². The van der Waals surface area contributed by atoms with E-state index < -0.39 is 0 Å². The highest BCUT2D eigenvalue weighted by molar-refractivity contribution is 8.13. The Morgan fingerprint density at radius 1 is 1.15 bits per heavy atom. The summed E-state index contributed by atoms with van der Waals surface area (Å²) in [6.07, 6.45) is 1.48. The second-order valence-electron chi connectivity index (χ2n) is 4.09. The first-order chi connectivity index (χ1) is 9.54. The molecular weight excluding hydrogens is 294 g/mol. The summed E-state index contributed by atoms with van der Waals surface area (Å²) in [4.78, 5) is 11.8. The molecule has 0 saturated carbocycles. The van der Waals surface area contributed by atoms with Gasteiger partial charge in [0.2, 0.25) is 5.69 Å². The van der Waals surface area contributed by atoms with Gasteiger partial charge >= 0.3 is 0 Å². The molecule has 0 amide bonds. The van der Waals surface area contributed by atoms with Crippen LogP contribution in [0, 0.1) is 5.21 Å². The summed E-state index contributed by atoms with van der Waals surface area (Å²) in [7, 11) is 0. The van der Waals surface area contributed by atoms with E-state index in [1.165, 1.54) is 13.1 Å². The molecule has 2 rings (SSSR count). The Hall–Kier alpha value is -1.78. The number of thioether (sulfide) groups is 1. The van der Waals surface area contributed by atoms with Gasteiger partial charge in [-0.2, -0.15) is 4.74 Å². The first-order valence-electron chi connectivity index (χ1n) is 5.90. The van der Waals surface area contributed by atoms with E-state index in [9.17, 15) is 10.0 Å². The number of halogens is 1. The van der Waals surface area contributed by atoms with E-state index in [0.717, 1.165) is 27.0 Å². The lowest BCUT2D eigenvalue weighted by molar-refractivity contribution is -0.354. The monoisotopic (exact) mass is 305 g/mol. The van der Waals surface area contributed by atoms with Gasteiger partial charge in [0.1, 0.15) is 0 Å². The minimum atomic E-state index is 0.0180. The smallest absolute Gasteiger partial charge is 0.216 e. The van der Waals surface area contributed by atoms with Crippen LogP contribution in [0.3, 0.4) is 0 Å². The van der Waals surface area contributed by atoms with Crippen molar-refractivity contribution in [3.05, 3.63) is 64.3 Å². The first kappa shape index (κ1) is 14.6. The number of rotatable bonds is 3. The van der Waals surface area contributed by atoms with E-state index >= 15 is 0 Å². The molecule has 0 radical (unpaired) electrons. The Balaban J connectivity index is 2.18. The lowest BCUT2D eigenvalue weighted by Gasteiger charge is -2.04. The molecule has 3 nitrogen and oxygen atoms in total. The minimum Gasteiger partial charge on any atom is -0.618 e. The van der Waals surface area contributed by atoms with Gasteiger partial charge in [0.15, 0.2) is 11.3 Å². The number of hydrogen-bond acceptors (Lipinski definition) is 3. The molecule has 0 heterocycles. The van der Waals surface area contributed by atoms with Crippen molar-refractivity contribution in [2.24, 2.45) is 0 Å². The summed E-state index contributed by atoms with van der Waals surface area (Å²) in [5, 5.41) is 12.6. The van der Waals surface area contributed by atoms with Crippen molar-refractivity contribution in [1.29, 1.82) is 0 Å². The fourth-order valence-corrected chi connectivity index (χ4v) is 2.32. The average Bonchev–Trinajstić information content (AvgIpc) is 2.41. The summed E-state index contributed by atoms with van der Waals surface area (Å²) in [5.74, 6) is 0. The van der Waals surface area contributed by atoms with Crippen LogP contribution < -0.4 is 0 Å². The standard InChI is InChI=1S/C15H12ClNO2S/c1-11(18)20-15-8-6-14(7-9-15)17(19)10-12-2-4-13(16)5-3-12/h2-10H,1H3. The molecule has 0 bridgehead atoms. The van der Waals surface area contributed by atoms with Crippen LogP contribution in [0.25, 0.3) is 0 Å². The SMILES string of the molecule is CC(=O)Sc1ccc([N+]([O-])=Cc2ccc(Cl)cc2)cc1. The van der Waals surface area contributed by atoms with Gasteiger partial charge in [0.05, 0.1) is 0 Å². The van der Waals surface area contributed by atoms with Crippen molar-refractivity contribution in [1.82, 2.24) is 0 Å². The van der Waals surface area contributed by atoms with Crippen LogP contribution in [0.15, 0.2) is 53.4 Å². The molecule has 0 aromatic heterocycles. The maximum Gasteiger partial charge on any atom is 0.216 e. The molecule has 2 aromatic carbocycles. The van der Waals surface area contributed by atoms with Gasteiger partial charge in [-0.15, -0.1) is 0 Å². The number of benzene rings is 2. The minimum absolute atomic E-state index is 0.0180. The van der Waals surface area contributed by atoms with Crippen molar-refractivity contribution < 1.29 is 9.53 Å². The summed E-state index contributed by atoms with van der Waals surface area (Å²) < 4.78 is 0.783. The highest BCUT2D eigenvalue weighted by Gasteiger charge is 2.04. The second kappa shape index (κ2) is 6.59. The van der Waals surface area contributed by atoms with Gasteiger partial charge in [-0.25, -0.2) is 0 Å². The summed E-state index contributed by atoms with van der Waals surface area (Å²) in [6, 6.07) is 13.9. The Morgan fingerprint density at radius 2 is 1.75 bits per heavy atom. The molecule has 102 valence electrons. The van der Waals surface area contributed by atoms with Crippen LogP contribution in [0.5, 0.6) is 0 Å². The number of hydrogen-bond donors (Lipinski definition) is 0. The van der Waals surface area contributed by atoms with Crippen LogP contribution in [0.1, 0.15) is 12.5 Å². The van der Waals surface area contributed by atoms with Crippen LogP contribution in [-0.4, -0.2) is 16.1 Å². The van der Waals surface area contributed by atoms with Gasteiger partial charge in [-0.1, -0.05) is 23.4 Å². The van der Waals surface area contributed by atoms with E-state index in [1.807, 2.05) is 0 Å². The third-order valence-corrected chi connectivity index (χ3v) is 3.54. The van der Waals surface area contributed by atoms with Gasteiger partial charge in [0.25, 0.3) is 0 Å². The van der Waals surface area contributed by atoms with Gasteiger partial charge in [-0.3, -0.25) is 4.79 Å². The molecule has 0 aliphatic rings. The molecule has 0 spiro atoms. The lowest BCUT2D eigenvalue weighted by Crippen LogP contribution is -1.98. The number of carbonyl (C=O) groups is 1. The summed E-state index contributed by atoms with van der Waals surface area (Å²) >= 11 is 6.93. The maximum absolute atomic E-state index is 12.0. The first-order valence-corrected chi connectivity index (χ1v) is 7.09. The molecule has 0 saturated heterocycles. The van der Waals surface area contributed by atoms with Crippen LogP contribution >= 0.6 is 23.4 Å². The molecule has 0 N–H and O–H groups in total. The largest absolute Gasteiger partial charge is 0.618 e. The van der Waals surface area contributed by atoms with Crippen LogP contribution in [0.4, 0.5) is 5.69 Å². The van der Waals surface area contributed by atoms with E-state index in [1.54, 1.807) is 48.5 Å². The summed E-state index contributed by atoms with van der Waals surface area (Å²) in [5.41, 5.74) is 1.28. The molecule has 20 heavy (non-hydrogen) atoms. The van der Waals surface area contributed by atoms with Crippen LogP contribution in [0.2, 0.25) is 5.02 Å². The fraction of sp³-hybridized carbons (Fsp3) is 0.0667. The molecule has 0 atom stereocenters. The highest BCUT2D eigenvalue weighted by Crippen LogP contribution is 2.21. The number of nitrogens with zero attached hydrogens (tertiary/aromatic N) is 1. The molecular formula is C15H12ClNO2S. The summed E-state index contributed by atoms with van der Waals surface area (Å²) in [6.45, 7) is 1.51. The Labute approximate surface area is 126 Å². The highest BCUT2D eigenvalue weighted by atomic mass is 35.5. The average molecular weight is 306 g/mol. The van der Waals surface area contributed by atoms with E-state index in [4.69, 9.17) is 11.6 Å². The normalized spacial score (nSPS) is 11.4. The van der Waals surface area contributed by atoms with Crippen molar-refractivity contribution >= 4 is 40.4 Å². The maximum atomic E-state index is 12.0. The predicted molar refractivity (Wildman–Crippen MR) is 82.9 cm³/mol. The lowest BCUT2D eigenvalue weighted by atomic mass is 10.2. The zero-order chi connectivity index (χ0) is 14.5. The zero-order valence-electron chi connectivity index (χ0n) is 10.7. The van der Waals surface area contributed by atoms with Gasteiger partial charge in [-0.05, 0) is 36.4 Å². The quantitative estimate of drug-likeness (QED) is 0.280. The third kappa shape index (κ3) is 4.11. The Kier molecular flexibility index (Phi) is 4.82. The van der Waals surface area contributed by atoms with Crippen LogP contribution in [-0.2, 0) is 4.79 Å². The molecule has 0 unspecified atom stereocenters. The topological polar surface area (TPSA) is 43.1 Å². The van der Waals surface area contributed by atoms with E-state index in [0.29, 0.717) is 10.7 Å². The Morgan fingerprint density at radius 3 is 2.30 bits per heavy atom. The molecule has 2 aromatic rings. The van der Waals surface area contributed by atoms with E-state index in [-0.39, 0.29) is 5.12 Å². The zero-order valence-corrected chi connectivity index (χ0v) is 12.3. The van der Waals surface area contributed by atoms with Crippen molar-refractivity contribution in [2.75, 3.05) is 0 Å². The molecule has 5 heteroatoms. The van der Waals surface area contributed by atoms with Gasteiger partial charge in [0, 0.05) is 34.5 Å². The number of carbonyl (C=O) groups excluding carboxylic acids is 1. The fourth-order valence-electron chi connectivity index (χ4n) is 1.59. The molecule has 0 aliphatic carbocycles. The molecule has 0 aliphatic heterocycles. The van der Waals surface area contributed by atoms with Crippen molar-refractivity contribution in [3.63, 3.8) is 0 Å². The van der Waals surface area contributed by atoms with E-state index in [2.05, 4.69) is 0 Å². The predicted octanol–water partition coefficient (Wildman–Crippen LogP) is 4.24. The third-order valence-electron chi connectivity index (χ3n) is 2.49. The van der Waals surface area contributed by atoms with Crippen molar-refractivity contribution in [2.45, 2.75) is 11.8 Å². The second-order valence-corrected chi connectivity index (χ2v) is 5.78. The molecule has 0 fully saturated rings. The Bertz CT molecular complexity index is 636. The van der Waals surface area contributed by atoms with Gasteiger partial charge < -0.3 is 5.21 Å².